The molecule has 0 spiro atoms. The molecule has 2 heterocycles. The molecular weight excluding hydrogens is 256 g/mol. The molecule has 0 fully saturated rings. The number of ether oxygens (including phenoxy) is 2. The normalized spacial score (nSPS) is 13.9. The van der Waals surface area contributed by atoms with E-state index in [0.717, 1.165) is 28.4 Å². The minimum Gasteiger partial charge on any atom is -0.382 e. The van der Waals surface area contributed by atoms with Crippen molar-refractivity contribution in [2.45, 2.75) is 17.9 Å². The number of methoxy groups -OCH3 is 1. The first-order valence-corrected chi connectivity index (χ1v) is 7.13. The SMILES string of the molecule is COCCOCCc1nc(=S)c2c([nH]1)CSC2. The summed E-state index contributed by atoms with van der Waals surface area (Å²) in [6, 6.07) is 0. The van der Waals surface area contributed by atoms with Gasteiger partial charge in [0.25, 0.3) is 0 Å². The lowest BCUT2D eigenvalue weighted by Crippen LogP contribution is -2.08. The molecule has 0 saturated carbocycles. The van der Waals surface area contributed by atoms with E-state index in [4.69, 9.17) is 21.7 Å². The van der Waals surface area contributed by atoms with Crippen LogP contribution in [0.1, 0.15) is 17.1 Å². The van der Waals surface area contributed by atoms with E-state index in [1.165, 1.54) is 11.3 Å². The fourth-order valence-electron chi connectivity index (χ4n) is 1.66. The number of H-pyrrole nitrogens is 1. The Bertz CT molecular complexity index is 434. The van der Waals surface area contributed by atoms with Gasteiger partial charge in [-0.05, 0) is 0 Å². The average Bonchev–Trinajstić information content (AvgIpc) is 2.77. The van der Waals surface area contributed by atoms with E-state index >= 15 is 0 Å². The van der Waals surface area contributed by atoms with Crippen LogP contribution in [-0.4, -0.2) is 36.9 Å². The van der Waals surface area contributed by atoms with Gasteiger partial charge in [-0.15, -0.1) is 0 Å². The van der Waals surface area contributed by atoms with Gasteiger partial charge in [-0.25, -0.2) is 4.98 Å². The molecule has 0 bridgehead atoms. The van der Waals surface area contributed by atoms with Crippen LogP contribution < -0.4 is 0 Å². The van der Waals surface area contributed by atoms with Gasteiger partial charge in [-0.2, -0.15) is 11.8 Å². The van der Waals surface area contributed by atoms with Crippen LogP contribution in [0.4, 0.5) is 0 Å². The first kappa shape index (κ1) is 13.0. The number of aromatic nitrogens is 2. The van der Waals surface area contributed by atoms with Crippen LogP contribution in [0.2, 0.25) is 0 Å². The number of fused-ring (bicyclic) bond motifs is 1. The number of thioether (sulfide) groups is 1. The third-order valence-electron chi connectivity index (χ3n) is 2.56. The number of rotatable bonds is 6. The van der Waals surface area contributed by atoms with Gasteiger partial charge in [-0.3, -0.25) is 0 Å². The van der Waals surface area contributed by atoms with Crippen LogP contribution >= 0.6 is 24.0 Å². The molecule has 0 radical (unpaired) electrons. The highest BCUT2D eigenvalue weighted by Gasteiger charge is 2.14. The first-order valence-electron chi connectivity index (χ1n) is 5.56. The molecule has 0 aromatic carbocycles. The third-order valence-corrected chi connectivity index (χ3v) is 3.89. The monoisotopic (exact) mass is 272 g/mol. The molecule has 4 nitrogen and oxygen atoms in total. The van der Waals surface area contributed by atoms with Crippen LogP contribution in [0.5, 0.6) is 0 Å². The van der Waals surface area contributed by atoms with Crippen LogP contribution in [0.3, 0.4) is 0 Å². The van der Waals surface area contributed by atoms with E-state index in [-0.39, 0.29) is 0 Å². The average molecular weight is 272 g/mol. The Hall–Kier alpha value is -0.430. The molecular formula is C11H16N2O2S2. The molecule has 1 N–H and O–H groups in total. The zero-order chi connectivity index (χ0) is 12.1. The summed E-state index contributed by atoms with van der Waals surface area (Å²) in [4.78, 5) is 7.74. The van der Waals surface area contributed by atoms with E-state index in [9.17, 15) is 0 Å². The van der Waals surface area contributed by atoms with E-state index in [2.05, 4.69) is 9.97 Å². The summed E-state index contributed by atoms with van der Waals surface area (Å²) < 4.78 is 11.1. The maximum absolute atomic E-state index is 5.41. The van der Waals surface area contributed by atoms with Crippen LogP contribution in [0.15, 0.2) is 0 Å². The summed E-state index contributed by atoms with van der Waals surface area (Å²) in [7, 11) is 1.67. The molecule has 0 aliphatic carbocycles. The van der Waals surface area contributed by atoms with Crippen molar-refractivity contribution in [2.75, 3.05) is 26.9 Å². The second-order valence-corrected chi connectivity index (χ2v) is 5.17. The standard InChI is InChI=1S/C11H16N2O2S2/c1-14-4-5-15-3-2-10-12-9-7-17-6-8(9)11(16)13-10/h2-7H2,1H3,(H,12,13,16). The van der Waals surface area contributed by atoms with Crippen molar-refractivity contribution in [1.82, 2.24) is 9.97 Å². The molecule has 1 aliphatic rings. The van der Waals surface area contributed by atoms with Crippen molar-refractivity contribution in [1.29, 1.82) is 0 Å². The zero-order valence-electron chi connectivity index (χ0n) is 9.82. The van der Waals surface area contributed by atoms with Crippen molar-refractivity contribution in [3.63, 3.8) is 0 Å². The predicted molar refractivity (Wildman–Crippen MR) is 70.8 cm³/mol. The Morgan fingerprint density at radius 1 is 1.35 bits per heavy atom. The molecule has 0 unspecified atom stereocenters. The molecule has 0 saturated heterocycles. The highest BCUT2D eigenvalue weighted by Crippen LogP contribution is 2.28. The fourth-order valence-corrected chi connectivity index (χ4v) is 3.12. The second kappa shape index (κ2) is 6.49. The maximum atomic E-state index is 5.41. The lowest BCUT2D eigenvalue weighted by molar-refractivity contribution is 0.0716. The van der Waals surface area contributed by atoms with E-state index < -0.39 is 0 Å². The van der Waals surface area contributed by atoms with Crippen molar-refractivity contribution >= 4 is 24.0 Å². The van der Waals surface area contributed by atoms with Crippen molar-refractivity contribution in [3.8, 4) is 0 Å². The van der Waals surface area contributed by atoms with Gasteiger partial charge < -0.3 is 14.5 Å². The lowest BCUT2D eigenvalue weighted by atomic mass is 10.2. The Labute approximate surface area is 110 Å². The van der Waals surface area contributed by atoms with Crippen LogP contribution in [0.25, 0.3) is 0 Å². The lowest BCUT2D eigenvalue weighted by Gasteiger charge is -2.06. The van der Waals surface area contributed by atoms with Gasteiger partial charge in [0.1, 0.15) is 10.5 Å². The third kappa shape index (κ3) is 3.51. The molecule has 1 aromatic heterocycles. The first-order chi connectivity index (χ1) is 8.31. The van der Waals surface area contributed by atoms with Gasteiger partial charge in [0.2, 0.25) is 0 Å². The van der Waals surface area contributed by atoms with Crippen molar-refractivity contribution in [2.24, 2.45) is 0 Å². The highest BCUT2D eigenvalue weighted by molar-refractivity contribution is 7.98. The molecule has 1 aromatic rings. The van der Waals surface area contributed by atoms with Gasteiger partial charge in [0, 0.05) is 36.3 Å². The van der Waals surface area contributed by atoms with Gasteiger partial charge >= 0.3 is 0 Å². The molecule has 2 rings (SSSR count). The summed E-state index contributed by atoms with van der Waals surface area (Å²) in [5, 5.41) is 0. The molecule has 0 amide bonds. The highest BCUT2D eigenvalue weighted by atomic mass is 32.2. The maximum Gasteiger partial charge on any atom is 0.134 e. The quantitative estimate of drug-likeness (QED) is 0.635. The van der Waals surface area contributed by atoms with E-state index in [0.29, 0.717) is 19.8 Å². The number of hydrogen-bond acceptors (Lipinski definition) is 5. The summed E-state index contributed by atoms with van der Waals surface area (Å²) in [6.07, 6.45) is 0.769. The second-order valence-electron chi connectivity index (χ2n) is 3.79. The number of aromatic amines is 1. The van der Waals surface area contributed by atoms with Gasteiger partial charge in [0.05, 0.1) is 19.8 Å². The van der Waals surface area contributed by atoms with Crippen molar-refractivity contribution < 1.29 is 9.47 Å². The van der Waals surface area contributed by atoms with E-state index in [1.54, 1.807) is 7.11 Å². The Balaban J connectivity index is 1.89. The molecule has 0 atom stereocenters. The smallest absolute Gasteiger partial charge is 0.134 e. The molecule has 17 heavy (non-hydrogen) atoms. The number of hydrogen-bond donors (Lipinski definition) is 1. The summed E-state index contributed by atoms with van der Waals surface area (Å²) in [5.41, 5.74) is 2.44. The van der Waals surface area contributed by atoms with Crippen LogP contribution in [-0.2, 0) is 27.4 Å². The Morgan fingerprint density at radius 3 is 3.06 bits per heavy atom. The zero-order valence-corrected chi connectivity index (χ0v) is 11.5. The topological polar surface area (TPSA) is 47.1 Å². The fraction of sp³-hybridized carbons (Fsp3) is 0.636. The van der Waals surface area contributed by atoms with Crippen molar-refractivity contribution in [3.05, 3.63) is 21.7 Å². The summed E-state index contributed by atoms with van der Waals surface area (Å²) in [5.74, 6) is 2.93. The minimum absolute atomic E-state index is 0.623. The molecule has 6 heteroatoms. The van der Waals surface area contributed by atoms with E-state index in [1.807, 2.05) is 11.8 Å². The molecule has 1 aliphatic heterocycles. The largest absolute Gasteiger partial charge is 0.382 e. The Morgan fingerprint density at radius 2 is 2.24 bits per heavy atom. The predicted octanol–water partition coefficient (Wildman–Crippen LogP) is 2.09. The van der Waals surface area contributed by atoms with Gasteiger partial charge in [-0.1, -0.05) is 12.2 Å². The van der Waals surface area contributed by atoms with Crippen LogP contribution in [0, 0.1) is 4.64 Å². The van der Waals surface area contributed by atoms with Gasteiger partial charge in [0.15, 0.2) is 0 Å². The number of nitrogens with zero attached hydrogens (tertiary/aromatic N) is 1. The summed E-state index contributed by atoms with van der Waals surface area (Å²) >= 11 is 7.16. The molecule has 94 valence electrons. The summed E-state index contributed by atoms with van der Waals surface area (Å²) in [6.45, 7) is 1.90. The number of nitrogens with one attached hydrogen (secondary N) is 1. The Kier molecular flexibility index (Phi) is 4.97. The minimum atomic E-state index is 0.623.